The smallest absolute Gasteiger partial charge is 0.243 e. The van der Waals surface area contributed by atoms with Crippen LogP contribution in [0.5, 0.6) is 0 Å². The molecule has 0 amide bonds. The SMILES string of the molecule is Cc1cc(C)c(C)c(S(=O)(=O)N2CCO[C@H](c3ccc(F)cc3)C2)c1C. The van der Waals surface area contributed by atoms with Gasteiger partial charge in [0.2, 0.25) is 10.0 Å². The average molecular weight is 377 g/mol. The van der Waals surface area contributed by atoms with Crippen LogP contribution in [-0.4, -0.2) is 32.4 Å². The monoisotopic (exact) mass is 377 g/mol. The number of morpholine rings is 1. The van der Waals surface area contributed by atoms with Crippen LogP contribution in [-0.2, 0) is 14.8 Å². The fourth-order valence-corrected chi connectivity index (χ4v) is 5.42. The van der Waals surface area contributed by atoms with Crippen molar-refractivity contribution in [2.45, 2.75) is 38.7 Å². The van der Waals surface area contributed by atoms with E-state index >= 15 is 0 Å². The molecule has 1 heterocycles. The van der Waals surface area contributed by atoms with Gasteiger partial charge in [-0.3, -0.25) is 0 Å². The highest BCUT2D eigenvalue weighted by Gasteiger charge is 2.34. The molecule has 4 nitrogen and oxygen atoms in total. The van der Waals surface area contributed by atoms with E-state index in [-0.39, 0.29) is 12.4 Å². The van der Waals surface area contributed by atoms with Crippen molar-refractivity contribution < 1.29 is 17.5 Å². The largest absolute Gasteiger partial charge is 0.371 e. The Kier molecular flexibility index (Phi) is 5.19. The zero-order chi connectivity index (χ0) is 19.1. The van der Waals surface area contributed by atoms with Gasteiger partial charge in [-0.25, -0.2) is 12.8 Å². The highest BCUT2D eigenvalue weighted by molar-refractivity contribution is 7.89. The maximum atomic E-state index is 13.4. The molecule has 0 spiro atoms. The first kappa shape index (κ1) is 19.0. The maximum absolute atomic E-state index is 13.4. The molecule has 1 saturated heterocycles. The summed E-state index contributed by atoms with van der Waals surface area (Å²) >= 11 is 0. The summed E-state index contributed by atoms with van der Waals surface area (Å²) in [4.78, 5) is 0.398. The van der Waals surface area contributed by atoms with Gasteiger partial charge in [0.05, 0.1) is 17.6 Å². The van der Waals surface area contributed by atoms with E-state index in [0.29, 0.717) is 18.0 Å². The third-order valence-corrected chi connectivity index (χ3v) is 7.31. The van der Waals surface area contributed by atoms with Gasteiger partial charge >= 0.3 is 0 Å². The number of nitrogens with zero attached hydrogens (tertiary/aromatic N) is 1. The molecule has 3 rings (SSSR count). The van der Waals surface area contributed by atoms with Crippen LogP contribution in [0.25, 0.3) is 0 Å². The Bertz CT molecular complexity index is 897. The van der Waals surface area contributed by atoms with E-state index in [1.165, 1.54) is 16.4 Å². The number of benzene rings is 2. The van der Waals surface area contributed by atoms with E-state index < -0.39 is 16.1 Å². The zero-order valence-corrected chi connectivity index (χ0v) is 16.4. The van der Waals surface area contributed by atoms with Gasteiger partial charge in [-0.05, 0) is 67.6 Å². The minimum atomic E-state index is -3.64. The number of halogens is 1. The molecular weight excluding hydrogens is 353 g/mol. The number of rotatable bonds is 3. The fraction of sp³-hybridized carbons (Fsp3) is 0.400. The van der Waals surface area contributed by atoms with Gasteiger partial charge in [-0.1, -0.05) is 18.2 Å². The Hall–Kier alpha value is -1.76. The molecule has 0 saturated carbocycles. The Morgan fingerprint density at radius 3 is 2.19 bits per heavy atom. The first-order valence-corrected chi connectivity index (χ1v) is 10.1. The van der Waals surface area contributed by atoms with Crippen LogP contribution in [0, 0.1) is 33.5 Å². The molecule has 0 unspecified atom stereocenters. The number of hydrogen-bond acceptors (Lipinski definition) is 3. The first-order valence-electron chi connectivity index (χ1n) is 8.66. The standard InChI is InChI=1S/C20H24FNO3S/c1-13-11-14(2)16(4)20(15(13)3)26(23,24)22-9-10-25-19(12-22)17-5-7-18(21)8-6-17/h5-8,11,19H,9-10,12H2,1-4H3/t19-/m0/s1. The van der Waals surface area contributed by atoms with Crippen molar-refractivity contribution in [3.05, 3.63) is 64.0 Å². The number of hydrogen-bond donors (Lipinski definition) is 0. The van der Waals surface area contributed by atoms with Crippen molar-refractivity contribution in [3.8, 4) is 0 Å². The molecule has 0 aliphatic carbocycles. The van der Waals surface area contributed by atoms with Crippen molar-refractivity contribution >= 4 is 10.0 Å². The molecule has 0 bridgehead atoms. The van der Waals surface area contributed by atoms with E-state index in [9.17, 15) is 12.8 Å². The summed E-state index contributed by atoms with van der Waals surface area (Å²) in [5, 5.41) is 0. The maximum Gasteiger partial charge on any atom is 0.243 e. The summed E-state index contributed by atoms with van der Waals surface area (Å²) in [7, 11) is -3.64. The summed E-state index contributed by atoms with van der Waals surface area (Å²) in [6.07, 6.45) is -0.398. The van der Waals surface area contributed by atoms with E-state index in [4.69, 9.17) is 4.74 Å². The van der Waals surface area contributed by atoms with Crippen LogP contribution >= 0.6 is 0 Å². The Morgan fingerprint density at radius 2 is 1.62 bits per heavy atom. The molecule has 140 valence electrons. The number of ether oxygens (including phenoxy) is 1. The van der Waals surface area contributed by atoms with Crippen LogP contribution in [0.1, 0.15) is 33.9 Å². The van der Waals surface area contributed by atoms with E-state index in [1.54, 1.807) is 12.1 Å². The summed E-state index contributed by atoms with van der Waals surface area (Å²) < 4.78 is 47.1. The van der Waals surface area contributed by atoms with Crippen LogP contribution in [0.3, 0.4) is 0 Å². The first-order chi connectivity index (χ1) is 12.2. The molecule has 1 aliphatic rings. The van der Waals surface area contributed by atoms with E-state index in [1.807, 2.05) is 33.8 Å². The van der Waals surface area contributed by atoms with Crippen LogP contribution in [0.2, 0.25) is 0 Å². The Balaban J connectivity index is 1.96. The lowest BCUT2D eigenvalue weighted by Crippen LogP contribution is -2.42. The predicted molar refractivity (Wildman–Crippen MR) is 99.2 cm³/mol. The second-order valence-corrected chi connectivity index (χ2v) is 8.74. The van der Waals surface area contributed by atoms with E-state index in [2.05, 4.69) is 0 Å². The van der Waals surface area contributed by atoms with Crippen molar-refractivity contribution in [2.24, 2.45) is 0 Å². The van der Waals surface area contributed by atoms with Gasteiger partial charge in [0.1, 0.15) is 5.82 Å². The zero-order valence-electron chi connectivity index (χ0n) is 15.5. The van der Waals surface area contributed by atoms with Crippen molar-refractivity contribution in [1.29, 1.82) is 0 Å². The summed E-state index contributed by atoms with van der Waals surface area (Å²) in [6, 6.07) is 8.03. The molecule has 1 aliphatic heterocycles. The molecule has 26 heavy (non-hydrogen) atoms. The molecule has 0 N–H and O–H groups in total. The Labute approximate surface area is 154 Å². The lowest BCUT2D eigenvalue weighted by atomic mass is 10.0. The lowest BCUT2D eigenvalue weighted by Gasteiger charge is -2.33. The number of sulfonamides is 1. The molecule has 0 radical (unpaired) electrons. The van der Waals surface area contributed by atoms with Gasteiger partial charge in [-0.15, -0.1) is 0 Å². The second-order valence-electron chi connectivity index (χ2n) is 6.86. The molecule has 2 aromatic carbocycles. The summed E-state index contributed by atoms with van der Waals surface area (Å²) in [5.74, 6) is -0.324. The highest BCUT2D eigenvalue weighted by atomic mass is 32.2. The predicted octanol–water partition coefficient (Wildman–Crippen LogP) is 3.82. The van der Waals surface area contributed by atoms with Crippen molar-refractivity contribution in [1.82, 2.24) is 4.31 Å². The van der Waals surface area contributed by atoms with Gasteiger partial charge in [0.15, 0.2) is 0 Å². The molecule has 1 atom stereocenters. The minimum absolute atomic E-state index is 0.222. The molecule has 6 heteroatoms. The lowest BCUT2D eigenvalue weighted by molar-refractivity contribution is -0.00260. The van der Waals surface area contributed by atoms with Crippen LogP contribution < -0.4 is 0 Å². The average Bonchev–Trinajstić information content (AvgIpc) is 2.61. The van der Waals surface area contributed by atoms with Crippen LogP contribution in [0.4, 0.5) is 4.39 Å². The van der Waals surface area contributed by atoms with E-state index in [0.717, 1.165) is 27.8 Å². The molecule has 2 aromatic rings. The van der Waals surface area contributed by atoms with Crippen molar-refractivity contribution in [3.63, 3.8) is 0 Å². The van der Waals surface area contributed by atoms with Crippen LogP contribution in [0.15, 0.2) is 35.2 Å². The molecular formula is C20H24FNO3S. The van der Waals surface area contributed by atoms with Crippen molar-refractivity contribution in [2.75, 3.05) is 19.7 Å². The Morgan fingerprint density at radius 1 is 1.04 bits per heavy atom. The quantitative estimate of drug-likeness (QED) is 0.817. The topological polar surface area (TPSA) is 46.6 Å². The third-order valence-electron chi connectivity index (χ3n) is 5.17. The second kappa shape index (κ2) is 7.10. The summed E-state index contributed by atoms with van der Waals surface area (Å²) in [6.45, 7) is 8.41. The van der Waals surface area contributed by atoms with Gasteiger partial charge in [0, 0.05) is 13.1 Å². The minimum Gasteiger partial charge on any atom is -0.371 e. The van der Waals surface area contributed by atoms with Gasteiger partial charge < -0.3 is 4.74 Å². The highest BCUT2D eigenvalue weighted by Crippen LogP contribution is 2.32. The summed E-state index contributed by atoms with van der Waals surface area (Å²) in [5.41, 5.74) is 4.29. The number of aryl methyl sites for hydroxylation is 2. The normalized spacial score (nSPS) is 18.9. The fourth-order valence-electron chi connectivity index (χ4n) is 3.42. The molecule has 1 fully saturated rings. The van der Waals surface area contributed by atoms with Gasteiger partial charge in [0.25, 0.3) is 0 Å². The van der Waals surface area contributed by atoms with Gasteiger partial charge in [-0.2, -0.15) is 4.31 Å². The third kappa shape index (κ3) is 3.41. The molecule has 0 aromatic heterocycles.